The van der Waals surface area contributed by atoms with Crippen LogP contribution in [-0.2, 0) is 32.6 Å². The van der Waals surface area contributed by atoms with Crippen LogP contribution in [0.1, 0.15) is 18.1 Å². The number of para-hydroxylation sites is 1. The smallest absolute Gasteiger partial charge is 0.264 e. The first-order chi connectivity index (χ1) is 20.2. The third kappa shape index (κ3) is 7.63. The van der Waals surface area contributed by atoms with Crippen molar-refractivity contribution in [3.05, 3.63) is 131 Å². The van der Waals surface area contributed by atoms with Gasteiger partial charge in [0.1, 0.15) is 18.4 Å². The summed E-state index contributed by atoms with van der Waals surface area (Å²) in [5, 5.41) is 2.81. The Labute approximate surface area is 254 Å². The number of nitrogens with one attached hydrogen (secondary N) is 1. The largest absolute Gasteiger partial charge is 0.355 e. The molecule has 2 amide bonds. The fraction of sp³-hybridized carbons (Fsp3) is 0.188. The predicted octanol–water partition coefficient (Wildman–Crippen LogP) is 5.56. The Morgan fingerprint density at radius 2 is 1.48 bits per heavy atom. The molecule has 0 aliphatic heterocycles. The predicted molar refractivity (Wildman–Crippen MR) is 165 cm³/mol. The van der Waals surface area contributed by atoms with E-state index in [-0.39, 0.29) is 29.5 Å². The maximum atomic E-state index is 15.1. The first-order valence-electron chi connectivity index (χ1n) is 13.4. The molecule has 4 rings (SSSR count). The molecule has 0 aromatic heterocycles. The number of carbonyl (C=O) groups is 2. The molecule has 0 aliphatic rings. The van der Waals surface area contributed by atoms with E-state index < -0.39 is 34.3 Å². The van der Waals surface area contributed by atoms with Gasteiger partial charge in [-0.2, -0.15) is 0 Å². The zero-order valence-corrected chi connectivity index (χ0v) is 25.4. The summed E-state index contributed by atoms with van der Waals surface area (Å²) < 4.78 is 44.3. The molecular weight excluding hydrogens is 621 g/mol. The van der Waals surface area contributed by atoms with E-state index in [0.717, 1.165) is 26.0 Å². The van der Waals surface area contributed by atoms with Gasteiger partial charge in [0, 0.05) is 24.0 Å². The second kappa shape index (κ2) is 14.2. The van der Waals surface area contributed by atoms with Gasteiger partial charge in [-0.3, -0.25) is 13.9 Å². The Kier molecular flexibility index (Phi) is 10.5. The van der Waals surface area contributed by atoms with Crippen molar-refractivity contribution < 1.29 is 22.4 Å². The highest BCUT2D eigenvalue weighted by molar-refractivity contribution is 9.10. The normalized spacial score (nSPS) is 11.9. The van der Waals surface area contributed by atoms with E-state index in [1.54, 1.807) is 25.1 Å². The van der Waals surface area contributed by atoms with E-state index in [4.69, 9.17) is 0 Å². The summed E-state index contributed by atoms with van der Waals surface area (Å²) in [5.41, 5.74) is 1.28. The summed E-state index contributed by atoms with van der Waals surface area (Å²) in [4.78, 5) is 29.0. The second-order valence-electron chi connectivity index (χ2n) is 9.53. The van der Waals surface area contributed by atoms with Gasteiger partial charge in [0.25, 0.3) is 10.0 Å². The number of nitrogens with zero attached hydrogens (tertiary/aromatic N) is 2. The summed E-state index contributed by atoms with van der Waals surface area (Å²) in [6.07, 6.45) is 0.192. The molecule has 0 fully saturated rings. The first-order valence-corrected chi connectivity index (χ1v) is 15.6. The van der Waals surface area contributed by atoms with E-state index in [0.29, 0.717) is 6.54 Å². The quantitative estimate of drug-likeness (QED) is 0.217. The molecule has 0 saturated heterocycles. The minimum atomic E-state index is -4.36. The van der Waals surface area contributed by atoms with Crippen molar-refractivity contribution in [2.24, 2.45) is 0 Å². The monoisotopic (exact) mass is 651 g/mol. The number of hydrogen-bond acceptors (Lipinski definition) is 4. The van der Waals surface area contributed by atoms with Crippen LogP contribution in [-0.4, -0.2) is 44.3 Å². The Morgan fingerprint density at radius 1 is 0.857 bits per heavy atom. The molecule has 0 aliphatic carbocycles. The van der Waals surface area contributed by atoms with Crippen LogP contribution in [0.5, 0.6) is 0 Å². The highest BCUT2D eigenvalue weighted by Crippen LogP contribution is 2.27. The molecule has 1 N–H and O–H groups in total. The number of benzene rings is 4. The Bertz CT molecular complexity index is 1620. The van der Waals surface area contributed by atoms with Crippen LogP contribution in [0.3, 0.4) is 0 Å². The van der Waals surface area contributed by atoms with Gasteiger partial charge in [0.05, 0.1) is 10.6 Å². The van der Waals surface area contributed by atoms with Crippen molar-refractivity contribution in [3.63, 3.8) is 0 Å². The molecule has 10 heteroatoms. The first kappa shape index (κ1) is 30.9. The molecule has 1 atom stereocenters. The summed E-state index contributed by atoms with van der Waals surface area (Å²) in [5.74, 6) is -1.84. The molecule has 0 heterocycles. The molecule has 4 aromatic rings. The second-order valence-corrected chi connectivity index (χ2v) is 12.3. The van der Waals surface area contributed by atoms with E-state index in [9.17, 15) is 18.0 Å². The van der Waals surface area contributed by atoms with Gasteiger partial charge in [-0.15, -0.1) is 0 Å². The lowest BCUT2D eigenvalue weighted by Crippen LogP contribution is -2.53. The van der Waals surface area contributed by atoms with E-state index >= 15 is 4.39 Å². The average molecular weight is 653 g/mol. The van der Waals surface area contributed by atoms with Gasteiger partial charge in [0.2, 0.25) is 11.8 Å². The highest BCUT2D eigenvalue weighted by atomic mass is 79.9. The zero-order valence-electron chi connectivity index (χ0n) is 23.0. The zero-order chi connectivity index (χ0) is 30.1. The van der Waals surface area contributed by atoms with Crippen molar-refractivity contribution in [2.75, 3.05) is 17.4 Å². The molecule has 0 bridgehead atoms. The minimum absolute atomic E-state index is 0.0173. The number of halogens is 2. The number of carbonyl (C=O) groups excluding carboxylic acids is 2. The third-order valence-corrected chi connectivity index (χ3v) is 8.86. The van der Waals surface area contributed by atoms with E-state index in [2.05, 4.69) is 21.2 Å². The minimum Gasteiger partial charge on any atom is -0.355 e. The van der Waals surface area contributed by atoms with Crippen LogP contribution < -0.4 is 9.62 Å². The van der Waals surface area contributed by atoms with Crippen LogP contribution >= 0.6 is 15.9 Å². The fourth-order valence-electron chi connectivity index (χ4n) is 4.57. The summed E-state index contributed by atoms with van der Waals surface area (Å²) in [7, 11) is -4.36. The molecule has 4 aromatic carbocycles. The molecule has 218 valence electrons. The molecule has 7 nitrogen and oxygen atoms in total. The van der Waals surface area contributed by atoms with Crippen molar-refractivity contribution in [2.45, 2.75) is 30.8 Å². The third-order valence-electron chi connectivity index (χ3n) is 6.60. The number of sulfonamides is 1. The Hall–Kier alpha value is -4.02. The van der Waals surface area contributed by atoms with Crippen molar-refractivity contribution in [1.82, 2.24) is 10.2 Å². The highest BCUT2D eigenvalue weighted by Gasteiger charge is 2.35. The SMILES string of the molecule is CCNC(=O)C(Cc1ccccc1)N(Cc1cccc(Br)c1)C(=O)CN(c1ccccc1F)S(=O)(=O)c1ccccc1. The summed E-state index contributed by atoms with van der Waals surface area (Å²) >= 11 is 3.45. The summed E-state index contributed by atoms with van der Waals surface area (Å²) in [6, 6.07) is 28.5. The molecule has 1 unspecified atom stereocenters. The lowest BCUT2D eigenvalue weighted by atomic mass is 10.0. The topological polar surface area (TPSA) is 86.8 Å². The van der Waals surface area contributed by atoms with Crippen LogP contribution in [0.4, 0.5) is 10.1 Å². The fourth-order valence-corrected chi connectivity index (χ4v) is 6.45. The molecule has 0 radical (unpaired) electrons. The van der Waals surface area contributed by atoms with Crippen molar-refractivity contribution in [3.8, 4) is 0 Å². The molecule has 0 saturated carbocycles. The van der Waals surface area contributed by atoms with Crippen LogP contribution in [0.2, 0.25) is 0 Å². The number of rotatable bonds is 12. The standard InChI is InChI=1S/C32H31BrFN3O4S/c1-2-35-32(39)30(21-24-12-5-3-6-13-24)36(22-25-14-11-15-26(33)20-25)31(38)23-37(29-19-10-9-18-28(29)34)42(40,41)27-16-7-4-8-17-27/h3-20,30H,2,21-23H2,1H3,(H,35,39). The number of anilines is 1. The van der Waals surface area contributed by atoms with Crippen LogP contribution in [0.25, 0.3) is 0 Å². The molecular formula is C32H31BrFN3O4S. The van der Waals surface area contributed by atoms with E-state index in [1.807, 2.05) is 54.6 Å². The van der Waals surface area contributed by atoms with Crippen LogP contribution in [0.15, 0.2) is 119 Å². The molecule has 0 spiro atoms. The van der Waals surface area contributed by atoms with Gasteiger partial charge >= 0.3 is 0 Å². The number of likely N-dealkylation sites (N-methyl/N-ethyl adjacent to an activating group) is 1. The number of hydrogen-bond donors (Lipinski definition) is 1. The lowest BCUT2D eigenvalue weighted by molar-refractivity contribution is -0.140. The maximum Gasteiger partial charge on any atom is 0.264 e. The van der Waals surface area contributed by atoms with Crippen molar-refractivity contribution in [1.29, 1.82) is 0 Å². The van der Waals surface area contributed by atoms with Crippen molar-refractivity contribution >= 4 is 43.5 Å². The van der Waals surface area contributed by atoms with Gasteiger partial charge in [-0.1, -0.05) is 88.7 Å². The maximum absolute atomic E-state index is 15.1. The van der Waals surface area contributed by atoms with Gasteiger partial charge in [-0.05, 0) is 54.4 Å². The van der Waals surface area contributed by atoms with Gasteiger partial charge in [-0.25, -0.2) is 12.8 Å². The van der Waals surface area contributed by atoms with E-state index in [1.165, 1.54) is 35.2 Å². The Morgan fingerprint density at radius 3 is 2.12 bits per heavy atom. The van der Waals surface area contributed by atoms with Crippen LogP contribution in [0, 0.1) is 5.82 Å². The van der Waals surface area contributed by atoms with Gasteiger partial charge in [0.15, 0.2) is 0 Å². The average Bonchev–Trinajstić information content (AvgIpc) is 2.99. The Balaban J connectivity index is 1.80. The van der Waals surface area contributed by atoms with Gasteiger partial charge < -0.3 is 10.2 Å². The molecule has 42 heavy (non-hydrogen) atoms. The summed E-state index contributed by atoms with van der Waals surface area (Å²) in [6.45, 7) is 1.41. The lowest BCUT2D eigenvalue weighted by Gasteiger charge is -2.34. The number of amides is 2.